The lowest BCUT2D eigenvalue weighted by molar-refractivity contribution is 0.102. The first-order valence-electron chi connectivity index (χ1n) is 7.29. The molecule has 3 aromatic rings. The van der Waals surface area contributed by atoms with Crippen molar-refractivity contribution >= 4 is 32.6 Å². The minimum Gasteiger partial charge on any atom is -0.496 e. The molecule has 0 aliphatic carbocycles. The molecule has 3 rings (SSSR count). The van der Waals surface area contributed by atoms with Crippen LogP contribution >= 0.6 is 11.3 Å². The van der Waals surface area contributed by atoms with Gasteiger partial charge in [-0.3, -0.25) is 10.1 Å². The van der Waals surface area contributed by atoms with Crippen LogP contribution in [0.5, 0.6) is 11.5 Å². The van der Waals surface area contributed by atoms with E-state index in [1.54, 1.807) is 0 Å². The molecule has 0 aliphatic rings. The van der Waals surface area contributed by atoms with Crippen molar-refractivity contribution in [3.63, 3.8) is 0 Å². The van der Waals surface area contributed by atoms with Gasteiger partial charge in [-0.2, -0.15) is 0 Å². The minimum absolute atomic E-state index is 0.117. The maximum absolute atomic E-state index is 13.4. The summed E-state index contributed by atoms with van der Waals surface area (Å²) in [6, 6.07) is 9.31. The molecule has 7 heteroatoms. The summed E-state index contributed by atoms with van der Waals surface area (Å²) < 4.78 is 24.8. The molecule has 24 heavy (non-hydrogen) atoms. The SMILES string of the molecule is CCOc1ccc2nc(NC(=O)c3cc(F)ccc3OC)sc2c1. The van der Waals surface area contributed by atoms with E-state index in [9.17, 15) is 9.18 Å². The fourth-order valence-electron chi connectivity index (χ4n) is 2.24. The number of fused-ring (bicyclic) bond motifs is 1. The summed E-state index contributed by atoms with van der Waals surface area (Å²) in [5.74, 6) is 0.0639. The summed E-state index contributed by atoms with van der Waals surface area (Å²) in [6.07, 6.45) is 0. The predicted molar refractivity (Wildman–Crippen MR) is 91.7 cm³/mol. The second-order valence-electron chi connectivity index (χ2n) is 4.88. The standard InChI is InChI=1S/C17H15FN2O3S/c1-3-23-11-5-6-13-15(9-11)24-17(19-13)20-16(21)12-8-10(18)4-7-14(12)22-2/h4-9H,3H2,1-2H3,(H,19,20,21). The van der Waals surface area contributed by atoms with Gasteiger partial charge in [0.25, 0.3) is 5.91 Å². The fraction of sp³-hybridized carbons (Fsp3) is 0.176. The second kappa shape index (κ2) is 6.84. The summed E-state index contributed by atoms with van der Waals surface area (Å²) in [5, 5.41) is 3.11. The first-order valence-corrected chi connectivity index (χ1v) is 8.10. The van der Waals surface area contributed by atoms with Crippen LogP contribution in [0.4, 0.5) is 9.52 Å². The number of anilines is 1. The molecule has 1 amide bonds. The van der Waals surface area contributed by atoms with Gasteiger partial charge in [-0.15, -0.1) is 0 Å². The summed E-state index contributed by atoms with van der Waals surface area (Å²) in [4.78, 5) is 16.7. The highest BCUT2D eigenvalue weighted by Crippen LogP contribution is 2.30. The molecule has 0 radical (unpaired) electrons. The van der Waals surface area contributed by atoms with Gasteiger partial charge in [0.1, 0.15) is 17.3 Å². The number of amides is 1. The Morgan fingerprint density at radius 3 is 2.88 bits per heavy atom. The number of carbonyl (C=O) groups excluding carboxylic acids is 1. The highest BCUT2D eigenvalue weighted by Gasteiger charge is 2.15. The number of benzene rings is 2. The number of thiazole rings is 1. The molecule has 0 saturated carbocycles. The van der Waals surface area contributed by atoms with E-state index in [1.165, 1.54) is 30.6 Å². The number of aromatic nitrogens is 1. The Bertz CT molecular complexity index is 895. The van der Waals surface area contributed by atoms with Crippen molar-refractivity contribution in [2.75, 3.05) is 19.0 Å². The molecule has 0 fully saturated rings. The van der Waals surface area contributed by atoms with Crippen molar-refractivity contribution in [3.8, 4) is 11.5 Å². The van der Waals surface area contributed by atoms with E-state index in [0.717, 1.165) is 22.0 Å². The van der Waals surface area contributed by atoms with Crippen LogP contribution in [-0.4, -0.2) is 24.6 Å². The normalized spacial score (nSPS) is 10.6. The highest BCUT2D eigenvalue weighted by atomic mass is 32.1. The van der Waals surface area contributed by atoms with E-state index < -0.39 is 11.7 Å². The first-order chi connectivity index (χ1) is 11.6. The fourth-order valence-corrected chi connectivity index (χ4v) is 3.13. The number of halogens is 1. The molecular formula is C17H15FN2O3S. The third-order valence-corrected chi connectivity index (χ3v) is 4.23. The first kappa shape index (κ1) is 16.2. The van der Waals surface area contributed by atoms with Crippen LogP contribution in [0.2, 0.25) is 0 Å². The molecule has 0 spiro atoms. The van der Waals surface area contributed by atoms with Crippen molar-refractivity contribution in [3.05, 3.63) is 47.8 Å². The van der Waals surface area contributed by atoms with Crippen LogP contribution in [0.15, 0.2) is 36.4 Å². The number of rotatable bonds is 5. The maximum Gasteiger partial charge on any atom is 0.261 e. The summed E-state index contributed by atoms with van der Waals surface area (Å²) in [6.45, 7) is 2.49. The molecule has 1 aromatic heterocycles. The number of hydrogen-bond acceptors (Lipinski definition) is 5. The van der Waals surface area contributed by atoms with Gasteiger partial charge in [-0.05, 0) is 43.3 Å². The van der Waals surface area contributed by atoms with Crippen LogP contribution in [-0.2, 0) is 0 Å². The largest absolute Gasteiger partial charge is 0.496 e. The molecule has 2 aromatic carbocycles. The summed E-state index contributed by atoms with van der Waals surface area (Å²) >= 11 is 1.32. The van der Waals surface area contributed by atoms with Gasteiger partial charge in [0.2, 0.25) is 0 Å². The number of hydrogen-bond donors (Lipinski definition) is 1. The minimum atomic E-state index is -0.508. The van der Waals surface area contributed by atoms with Crippen LogP contribution in [0.25, 0.3) is 10.2 Å². The van der Waals surface area contributed by atoms with Gasteiger partial charge >= 0.3 is 0 Å². The van der Waals surface area contributed by atoms with E-state index >= 15 is 0 Å². The molecule has 0 bridgehead atoms. The van der Waals surface area contributed by atoms with Gasteiger partial charge in [0, 0.05) is 0 Å². The zero-order valence-corrected chi connectivity index (χ0v) is 13.9. The van der Waals surface area contributed by atoms with Crippen LogP contribution in [0.3, 0.4) is 0 Å². The quantitative estimate of drug-likeness (QED) is 0.756. The van der Waals surface area contributed by atoms with E-state index in [-0.39, 0.29) is 5.56 Å². The van der Waals surface area contributed by atoms with E-state index in [4.69, 9.17) is 9.47 Å². The topological polar surface area (TPSA) is 60.5 Å². The van der Waals surface area contributed by atoms with Crippen LogP contribution in [0.1, 0.15) is 17.3 Å². The smallest absolute Gasteiger partial charge is 0.261 e. The lowest BCUT2D eigenvalue weighted by atomic mass is 10.2. The Morgan fingerprint density at radius 2 is 2.12 bits per heavy atom. The third kappa shape index (κ3) is 3.30. The van der Waals surface area contributed by atoms with Crippen molar-refractivity contribution in [2.24, 2.45) is 0 Å². The average molecular weight is 346 g/mol. The lowest BCUT2D eigenvalue weighted by Gasteiger charge is -2.07. The number of carbonyl (C=O) groups is 1. The Morgan fingerprint density at radius 1 is 1.29 bits per heavy atom. The molecule has 0 aliphatic heterocycles. The average Bonchev–Trinajstić information content (AvgIpc) is 2.96. The van der Waals surface area contributed by atoms with Gasteiger partial charge in [-0.25, -0.2) is 9.37 Å². The molecule has 0 saturated heterocycles. The Labute approximate surface area is 142 Å². The van der Waals surface area contributed by atoms with Crippen LogP contribution in [0, 0.1) is 5.82 Å². The monoisotopic (exact) mass is 346 g/mol. The number of nitrogens with one attached hydrogen (secondary N) is 1. The second-order valence-corrected chi connectivity index (χ2v) is 5.91. The molecule has 1 heterocycles. The zero-order valence-electron chi connectivity index (χ0n) is 13.1. The third-order valence-electron chi connectivity index (χ3n) is 3.30. The van der Waals surface area contributed by atoms with Crippen molar-refractivity contribution in [1.82, 2.24) is 4.98 Å². The van der Waals surface area contributed by atoms with Gasteiger partial charge in [0.15, 0.2) is 5.13 Å². The van der Waals surface area contributed by atoms with Gasteiger partial charge < -0.3 is 9.47 Å². The highest BCUT2D eigenvalue weighted by molar-refractivity contribution is 7.22. The van der Waals surface area contributed by atoms with Crippen LogP contribution < -0.4 is 14.8 Å². The molecule has 0 unspecified atom stereocenters. The number of nitrogens with zero attached hydrogens (tertiary/aromatic N) is 1. The summed E-state index contributed by atoms with van der Waals surface area (Å²) in [7, 11) is 1.43. The molecule has 5 nitrogen and oxygen atoms in total. The Balaban J connectivity index is 1.86. The molecule has 1 N–H and O–H groups in total. The van der Waals surface area contributed by atoms with E-state index in [2.05, 4.69) is 10.3 Å². The van der Waals surface area contributed by atoms with Crippen molar-refractivity contribution < 1.29 is 18.7 Å². The molecular weight excluding hydrogens is 331 g/mol. The molecule has 124 valence electrons. The number of methoxy groups -OCH3 is 1. The van der Waals surface area contributed by atoms with Crippen molar-refractivity contribution in [1.29, 1.82) is 0 Å². The van der Waals surface area contributed by atoms with Crippen molar-refractivity contribution in [2.45, 2.75) is 6.92 Å². The number of ether oxygens (including phenoxy) is 2. The lowest BCUT2D eigenvalue weighted by Crippen LogP contribution is -2.13. The Hall–Kier alpha value is -2.67. The Kier molecular flexibility index (Phi) is 4.61. The van der Waals surface area contributed by atoms with E-state index in [1.807, 2.05) is 25.1 Å². The maximum atomic E-state index is 13.4. The zero-order chi connectivity index (χ0) is 17.1. The molecule has 0 atom stereocenters. The predicted octanol–water partition coefficient (Wildman–Crippen LogP) is 4.10. The summed E-state index contributed by atoms with van der Waals surface area (Å²) in [5.41, 5.74) is 0.872. The van der Waals surface area contributed by atoms with E-state index in [0.29, 0.717) is 17.5 Å². The van der Waals surface area contributed by atoms with Gasteiger partial charge in [0.05, 0.1) is 29.5 Å². The van der Waals surface area contributed by atoms with Gasteiger partial charge in [-0.1, -0.05) is 11.3 Å².